The molecule has 0 spiro atoms. The smallest absolute Gasteiger partial charge is 0.127 e. The predicted octanol–water partition coefficient (Wildman–Crippen LogP) is 2.79. The number of aryl methyl sites for hydroxylation is 1. The summed E-state index contributed by atoms with van der Waals surface area (Å²) in [4.78, 5) is 2.98. The molecule has 0 aliphatic carbocycles. The van der Waals surface area contributed by atoms with Crippen LogP contribution in [0.4, 0.5) is 0 Å². The first-order chi connectivity index (χ1) is 5.70. The summed E-state index contributed by atoms with van der Waals surface area (Å²) >= 11 is 2.27. The van der Waals surface area contributed by atoms with E-state index < -0.39 is 0 Å². The predicted molar refractivity (Wildman–Crippen MR) is 57.4 cm³/mol. The number of rotatable bonds is 0. The van der Waals surface area contributed by atoms with Crippen LogP contribution in [0.2, 0.25) is 0 Å². The van der Waals surface area contributed by atoms with Gasteiger partial charge in [0, 0.05) is 26.7 Å². The molecule has 0 fully saturated rings. The maximum atomic E-state index is 9.65. The van der Waals surface area contributed by atoms with Crippen LogP contribution in [0.1, 0.15) is 5.56 Å². The van der Waals surface area contributed by atoms with E-state index in [0.717, 1.165) is 16.3 Å². The van der Waals surface area contributed by atoms with E-state index >= 15 is 0 Å². The van der Waals surface area contributed by atoms with Gasteiger partial charge in [0.15, 0.2) is 0 Å². The first kappa shape index (κ1) is 7.91. The molecule has 0 bridgehead atoms. The SMILES string of the molecule is Cc1cc(I)c2c[nH]cc2c1O. The highest BCUT2D eigenvalue weighted by Gasteiger charge is 2.06. The number of phenols is 1. The second-order valence-corrected chi connectivity index (χ2v) is 3.97. The summed E-state index contributed by atoms with van der Waals surface area (Å²) in [6.07, 6.45) is 3.72. The number of hydrogen-bond donors (Lipinski definition) is 2. The molecule has 0 radical (unpaired) electrons. The van der Waals surface area contributed by atoms with Crippen molar-refractivity contribution >= 4 is 33.4 Å². The second kappa shape index (κ2) is 2.65. The van der Waals surface area contributed by atoms with Gasteiger partial charge in [-0.3, -0.25) is 0 Å². The van der Waals surface area contributed by atoms with Gasteiger partial charge in [0.1, 0.15) is 5.75 Å². The lowest BCUT2D eigenvalue weighted by atomic mass is 10.1. The van der Waals surface area contributed by atoms with Crippen LogP contribution in [0.15, 0.2) is 18.5 Å². The van der Waals surface area contributed by atoms with Crippen LogP contribution < -0.4 is 0 Å². The summed E-state index contributed by atoms with van der Waals surface area (Å²) in [6.45, 7) is 1.91. The Balaban J connectivity index is 2.97. The van der Waals surface area contributed by atoms with Crippen LogP contribution in [0.25, 0.3) is 10.8 Å². The molecule has 2 nitrogen and oxygen atoms in total. The average Bonchev–Trinajstić information content (AvgIpc) is 2.48. The van der Waals surface area contributed by atoms with Gasteiger partial charge in [0.05, 0.1) is 0 Å². The third-order valence-electron chi connectivity index (χ3n) is 1.97. The zero-order chi connectivity index (χ0) is 8.72. The number of nitrogens with one attached hydrogen (secondary N) is 1. The highest BCUT2D eigenvalue weighted by Crippen LogP contribution is 2.31. The van der Waals surface area contributed by atoms with E-state index in [4.69, 9.17) is 0 Å². The molecule has 1 heterocycles. The van der Waals surface area contributed by atoms with Gasteiger partial charge in [0.25, 0.3) is 0 Å². The van der Waals surface area contributed by atoms with Gasteiger partial charge >= 0.3 is 0 Å². The Morgan fingerprint density at radius 3 is 2.75 bits per heavy atom. The molecule has 2 aromatic rings. The van der Waals surface area contributed by atoms with Crippen LogP contribution in [0.5, 0.6) is 5.75 Å². The zero-order valence-corrected chi connectivity index (χ0v) is 8.71. The van der Waals surface area contributed by atoms with Crippen molar-refractivity contribution in [1.29, 1.82) is 0 Å². The standard InChI is InChI=1S/C9H8INO/c1-5-2-8(10)6-3-11-4-7(6)9(5)12/h2-4,11-12H,1H3. The molecule has 0 saturated carbocycles. The molecule has 62 valence electrons. The van der Waals surface area contributed by atoms with E-state index in [1.165, 1.54) is 3.57 Å². The van der Waals surface area contributed by atoms with Crippen LogP contribution in [-0.2, 0) is 0 Å². The minimum absolute atomic E-state index is 0.381. The molecule has 1 aromatic heterocycles. The number of aromatic nitrogens is 1. The van der Waals surface area contributed by atoms with E-state index in [1.54, 1.807) is 0 Å². The molecule has 0 saturated heterocycles. The number of phenolic OH excluding ortho intramolecular Hbond substituents is 1. The van der Waals surface area contributed by atoms with Crippen molar-refractivity contribution in [1.82, 2.24) is 4.98 Å². The molecule has 2 rings (SSSR count). The first-order valence-corrected chi connectivity index (χ1v) is 4.72. The summed E-state index contributed by atoms with van der Waals surface area (Å²) in [7, 11) is 0. The van der Waals surface area contributed by atoms with Crippen molar-refractivity contribution in [2.24, 2.45) is 0 Å². The number of H-pyrrole nitrogens is 1. The lowest BCUT2D eigenvalue weighted by molar-refractivity contribution is 0.477. The summed E-state index contributed by atoms with van der Waals surface area (Å²) in [6, 6.07) is 1.98. The minimum atomic E-state index is 0.381. The Hall–Kier alpha value is -0.710. The van der Waals surface area contributed by atoms with Gasteiger partial charge in [-0.1, -0.05) is 0 Å². The molecule has 0 unspecified atom stereocenters. The van der Waals surface area contributed by atoms with Gasteiger partial charge in [-0.25, -0.2) is 0 Å². The Labute approximate surface area is 83.7 Å². The van der Waals surface area contributed by atoms with Gasteiger partial charge in [-0.2, -0.15) is 0 Å². The third kappa shape index (κ3) is 0.998. The Bertz CT molecular complexity index is 433. The Morgan fingerprint density at radius 1 is 1.33 bits per heavy atom. The number of aromatic amines is 1. The van der Waals surface area contributed by atoms with Crippen molar-refractivity contribution in [2.75, 3.05) is 0 Å². The van der Waals surface area contributed by atoms with Crippen molar-refractivity contribution < 1.29 is 5.11 Å². The summed E-state index contributed by atoms with van der Waals surface area (Å²) < 4.78 is 1.17. The highest BCUT2D eigenvalue weighted by atomic mass is 127. The fraction of sp³-hybridized carbons (Fsp3) is 0.111. The number of aromatic hydroxyl groups is 1. The van der Waals surface area contributed by atoms with E-state index in [-0.39, 0.29) is 0 Å². The van der Waals surface area contributed by atoms with Gasteiger partial charge < -0.3 is 10.1 Å². The largest absolute Gasteiger partial charge is 0.507 e. The highest BCUT2D eigenvalue weighted by molar-refractivity contribution is 14.1. The number of hydrogen-bond acceptors (Lipinski definition) is 1. The topological polar surface area (TPSA) is 36.0 Å². The lowest BCUT2D eigenvalue weighted by Crippen LogP contribution is -1.79. The molecule has 3 heteroatoms. The van der Waals surface area contributed by atoms with Crippen molar-refractivity contribution in [2.45, 2.75) is 6.92 Å². The molecule has 0 aliphatic heterocycles. The number of benzene rings is 1. The first-order valence-electron chi connectivity index (χ1n) is 3.64. The summed E-state index contributed by atoms with van der Waals surface area (Å²) in [5.41, 5.74) is 0.923. The normalized spacial score (nSPS) is 10.8. The fourth-order valence-corrected chi connectivity index (χ4v) is 2.22. The molecule has 12 heavy (non-hydrogen) atoms. The van der Waals surface area contributed by atoms with Gasteiger partial charge in [0.2, 0.25) is 0 Å². The van der Waals surface area contributed by atoms with Gasteiger partial charge in [-0.15, -0.1) is 0 Å². The molecular weight excluding hydrogens is 265 g/mol. The van der Waals surface area contributed by atoms with Crippen LogP contribution in [0.3, 0.4) is 0 Å². The van der Waals surface area contributed by atoms with E-state index in [9.17, 15) is 5.11 Å². The van der Waals surface area contributed by atoms with E-state index in [2.05, 4.69) is 27.6 Å². The zero-order valence-electron chi connectivity index (χ0n) is 6.56. The van der Waals surface area contributed by atoms with Crippen LogP contribution >= 0.6 is 22.6 Å². The van der Waals surface area contributed by atoms with Crippen LogP contribution in [-0.4, -0.2) is 10.1 Å². The quantitative estimate of drug-likeness (QED) is 0.711. The summed E-state index contributed by atoms with van der Waals surface area (Å²) in [5, 5.41) is 11.6. The maximum Gasteiger partial charge on any atom is 0.127 e. The molecular formula is C9H8INO. The average molecular weight is 273 g/mol. The van der Waals surface area contributed by atoms with Gasteiger partial charge in [-0.05, 0) is 41.1 Å². The Kier molecular flexibility index (Phi) is 1.75. The van der Waals surface area contributed by atoms with Crippen LogP contribution in [0, 0.1) is 10.5 Å². The van der Waals surface area contributed by atoms with Crippen molar-refractivity contribution in [3.63, 3.8) is 0 Å². The fourth-order valence-electron chi connectivity index (χ4n) is 1.31. The number of halogens is 1. The number of fused-ring (bicyclic) bond motifs is 1. The van der Waals surface area contributed by atoms with Crippen molar-refractivity contribution in [3.8, 4) is 5.75 Å². The molecule has 1 aromatic carbocycles. The van der Waals surface area contributed by atoms with E-state index in [0.29, 0.717) is 5.75 Å². The minimum Gasteiger partial charge on any atom is -0.507 e. The molecule has 0 amide bonds. The van der Waals surface area contributed by atoms with Crippen molar-refractivity contribution in [3.05, 3.63) is 27.6 Å². The second-order valence-electron chi connectivity index (χ2n) is 2.81. The third-order valence-corrected chi connectivity index (χ3v) is 2.87. The molecule has 0 atom stereocenters. The monoisotopic (exact) mass is 273 g/mol. The van der Waals surface area contributed by atoms with E-state index in [1.807, 2.05) is 25.4 Å². The summed E-state index contributed by atoms with van der Waals surface area (Å²) in [5.74, 6) is 0.381. The maximum absolute atomic E-state index is 9.65. The molecule has 0 aliphatic rings. The Morgan fingerprint density at radius 2 is 2.00 bits per heavy atom. The lowest BCUT2D eigenvalue weighted by Gasteiger charge is -2.01. The molecule has 2 N–H and O–H groups in total.